The van der Waals surface area contributed by atoms with Crippen LogP contribution >= 0.6 is 0 Å². The average molecular weight is 353 g/mol. The van der Waals surface area contributed by atoms with E-state index in [0.717, 1.165) is 16.7 Å². The van der Waals surface area contributed by atoms with E-state index in [0.29, 0.717) is 17.5 Å². The molecule has 3 nitrogen and oxygen atoms in total. The van der Waals surface area contributed by atoms with E-state index in [-0.39, 0.29) is 0 Å². The minimum atomic E-state index is 0.572. The number of benzene rings is 1. The van der Waals surface area contributed by atoms with Crippen LogP contribution in [0.5, 0.6) is 0 Å². The Kier molecular flexibility index (Phi) is 7.61. The Morgan fingerprint density at radius 2 is 1.37 bits per heavy atom. The molecule has 2 aromatic rings. The van der Waals surface area contributed by atoms with E-state index in [2.05, 4.69) is 34.7 Å². The van der Waals surface area contributed by atoms with Gasteiger partial charge in [0.05, 0.1) is 0 Å². The molecule has 0 radical (unpaired) electrons. The fourth-order valence-electron chi connectivity index (χ4n) is 2.33. The molecule has 27 heavy (non-hydrogen) atoms. The summed E-state index contributed by atoms with van der Waals surface area (Å²) >= 11 is 0. The van der Waals surface area contributed by atoms with Crippen LogP contribution in [-0.4, -0.2) is 15.0 Å². The van der Waals surface area contributed by atoms with E-state index in [1.54, 1.807) is 18.2 Å². The van der Waals surface area contributed by atoms with E-state index < -0.39 is 0 Å². The molecule has 0 bridgehead atoms. The van der Waals surface area contributed by atoms with Crippen LogP contribution in [0.2, 0.25) is 0 Å². The molecule has 1 aromatic heterocycles. The van der Waals surface area contributed by atoms with Crippen molar-refractivity contribution in [2.75, 3.05) is 0 Å². The van der Waals surface area contributed by atoms with Gasteiger partial charge in [-0.3, -0.25) is 0 Å². The maximum absolute atomic E-state index is 4.68. The minimum absolute atomic E-state index is 0.572. The predicted octanol–water partition coefficient (Wildman–Crippen LogP) is 6.00. The van der Waals surface area contributed by atoms with Crippen molar-refractivity contribution in [3.8, 4) is 11.4 Å². The summed E-state index contributed by atoms with van der Waals surface area (Å²) in [5.41, 5.74) is 2.64. The predicted molar refractivity (Wildman–Crippen MR) is 116 cm³/mol. The van der Waals surface area contributed by atoms with Gasteiger partial charge in [-0.2, -0.15) is 0 Å². The highest BCUT2D eigenvalue weighted by atomic mass is 15.0. The van der Waals surface area contributed by atoms with Gasteiger partial charge >= 0.3 is 0 Å². The van der Waals surface area contributed by atoms with Crippen LogP contribution < -0.4 is 0 Å². The van der Waals surface area contributed by atoms with Crippen LogP contribution in [0.1, 0.15) is 18.6 Å². The molecule has 0 aliphatic rings. The standard InChI is InChI=1S/C24H23N3/c1-5-9-15-19(8-4)22-25-23(20(14-7-3)16-10-6-2)27-24(26-22)21-17-12-11-13-18-21/h5-18H,1-3H2,4H3/b15-9-,16-10-,19-8+,20-14+. The summed E-state index contributed by atoms with van der Waals surface area (Å²) in [6, 6.07) is 9.85. The molecule has 0 N–H and O–H groups in total. The van der Waals surface area contributed by atoms with Gasteiger partial charge in [0.25, 0.3) is 0 Å². The molecule has 0 spiro atoms. The van der Waals surface area contributed by atoms with Crippen LogP contribution in [0.3, 0.4) is 0 Å². The lowest BCUT2D eigenvalue weighted by Gasteiger charge is -2.09. The molecule has 2 rings (SSSR count). The Hall–Kier alpha value is -3.59. The largest absolute Gasteiger partial charge is 0.208 e. The summed E-state index contributed by atoms with van der Waals surface area (Å²) in [4.78, 5) is 14.0. The van der Waals surface area contributed by atoms with E-state index in [1.807, 2.05) is 73.7 Å². The highest BCUT2D eigenvalue weighted by Gasteiger charge is 2.12. The van der Waals surface area contributed by atoms with E-state index in [4.69, 9.17) is 0 Å². The fourth-order valence-corrected chi connectivity index (χ4v) is 2.33. The number of aromatic nitrogens is 3. The number of hydrogen-bond acceptors (Lipinski definition) is 3. The Morgan fingerprint density at radius 3 is 1.93 bits per heavy atom. The molecule has 0 amide bonds. The number of allylic oxidation sites excluding steroid dienone is 11. The summed E-state index contributed by atoms with van der Waals surface area (Å²) in [5, 5.41) is 0. The van der Waals surface area contributed by atoms with Gasteiger partial charge in [-0.15, -0.1) is 0 Å². The molecule has 0 saturated heterocycles. The van der Waals surface area contributed by atoms with Crippen molar-refractivity contribution in [3.63, 3.8) is 0 Å². The monoisotopic (exact) mass is 353 g/mol. The van der Waals surface area contributed by atoms with E-state index in [9.17, 15) is 0 Å². The quantitative estimate of drug-likeness (QED) is 0.547. The number of nitrogens with zero attached hydrogens (tertiary/aromatic N) is 3. The average Bonchev–Trinajstić information content (AvgIpc) is 2.72. The Bertz CT molecular complexity index is 929. The van der Waals surface area contributed by atoms with Crippen molar-refractivity contribution in [3.05, 3.63) is 116 Å². The fraction of sp³-hybridized carbons (Fsp3) is 0.0417. The maximum atomic E-state index is 4.68. The highest BCUT2D eigenvalue weighted by molar-refractivity contribution is 5.75. The second-order valence-electron chi connectivity index (χ2n) is 5.46. The van der Waals surface area contributed by atoms with Crippen LogP contribution in [-0.2, 0) is 0 Å². The smallest absolute Gasteiger partial charge is 0.164 e. The first-order valence-electron chi connectivity index (χ1n) is 8.63. The van der Waals surface area contributed by atoms with Crippen molar-refractivity contribution in [1.82, 2.24) is 15.0 Å². The van der Waals surface area contributed by atoms with Gasteiger partial charge in [-0.25, -0.2) is 15.0 Å². The number of rotatable bonds is 8. The number of hydrogen-bond donors (Lipinski definition) is 0. The van der Waals surface area contributed by atoms with Crippen molar-refractivity contribution < 1.29 is 0 Å². The third kappa shape index (κ3) is 5.44. The lowest BCUT2D eigenvalue weighted by Crippen LogP contribution is -2.04. The van der Waals surface area contributed by atoms with Gasteiger partial charge in [0.1, 0.15) is 0 Å². The molecule has 0 fully saturated rings. The summed E-state index contributed by atoms with van der Waals surface area (Å²) in [7, 11) is 0. The zero-order valence-electron chi connectivity index (χ0n) is 15.5. The van der Waals surface area contributed by atoms with Crippen molar-refractivity contribution in [2.45, 2.75) is 6.92 Å². The topological polar surface area (TPSA) is 38.7 Å². The molecule has 0 saturated carbocycles. The Labute approximate surface area is 161 Å². The zero-order chi connectivity index (χ0) is 19.5. The van der Waals surface area contributed by atoms with Crippen molar-refractivity contribution in [2.24, 2.45) is 0 Å². The molecular formula is C24H23N3. The van der Waals surface area contributed by atoms with Crippen LogP contribution in [0, 0.1) is 0 Å². The third-order valence-electron chi connectivity index (χ3n) is 3.62. The summed E-state index contributed by atoms with van der Waals surface area (Å²) in [6.07, 6.45) is 16.5. The van der Waals surface area contributed by atoms with Gasteiger partial charge in [0.15, 0.2) is 17.5 Å². The minimum Gasteiger partial charge on any atom is -0.208 e. The lowest BCUT2D eigenvalue weighted by molar-refractivity contribution is 1.00. The normalized spacial score (nSPS) is 12.5. The second-order valence-corrected chi connectivity index (χ2v) is 5.46. The molecule has 0 aliphatic heterocycles. The molecule has 1 aromatic carbocycles. The first-order chi connectivity index (χ1) is 13.2. The molecule has 1 heterocycles. The molecule has 134 valence electrons. The summed E-state index contributed by atoms with van der Waals surface area (Å²) in [6.45, 7) is 13.2. The molecular weight excluding hydrogens is 330 g/mol. The van der Waals surface area contributed by atoms with Gasteiger partial charge in [-0.05, 0) is 6.92 Å². The van der Waals surface area contributed by atoms with Crippen LogP contribution in [0.25, 0.3) is 22.5 Å². The molecule has 0 unspecified atom stereocenters. The maximum Gasteiger partial charge on any atom is 0.164 e. The second kappa shape index (κ2) is 10.4. The Balaban J connectivity index is 2.70. The van der Waals surface area contributed by atoms with Crippen molar-refractivity contribution in [1.29, 1.82) is 0 Å². The van der Waals surface area contributed by atoms with Gasteiger partial charge < -0.3 is 0 Å². The molecule has 0 atom stereocenters. The first-order valence-corrected chi connectivity index (χ1v) is 8.63. The van der Waals surface area contributed by atoms with Gasteiger partial charge in [-0.1, -0.05) is 105 Å². The highest BCUT2D eigenvalue weighted by Crippen LogP contribution is 2.22. The van der Waals surface area contributed by atoms with Crippen molar-refractivity contribution >= 4 is 11.1 Å². The SMILES string of the molecule is C=C/C=C\C(=C/C)c1nc(C(/C=C\C=C)=C/C=C)nc(-c2ccccc2)n1. The summed E-state index contributed by atoms with van der Waals surface area (Å²) in [5.74, 6) is 1.79. The zero-order valence-corrected chi connectivity index (χ0v) is 15.5. The van der Waals surface area contributed by atoms with E-state index >= 15 is 0 Å². The van der Waals surface area contributed by atoms with Gasteiger partial charge in [0, 0.05) is 16.7 Å². The molecule has 0 aliphatic carbocycles. The third-order valence-corrected chi connectivity index (χ3v) is 3.62. The van der Waals surface area contributed by atoms with Gasteiger partial charge in [0.2, 0.25) is 0 Å². The van der Waals surface area contributed by atoms with Crippen LogP contribution in [0.4, 0.5) is 0 Å². The lowest BCUT2D eigenvalue weighted by atomic mass is 10.1. The first kappa shape index (κ1) is 19.7. The summed E-state index contributed by atoms with van der Waals surface area (Å²) < 4.78 is 0. The van der Waals surface area contributed by atoms with E-state index in [1.165, 1.54) is 0 Å². The van der Waals surface area contributed by atoms with Crippen LogP contribution in [0.15, 0.2) is 105 Å². The molecule has 3 heteroatoms. The Morgan fingerprint density at radius 1 is 0.778 bits per heavy atom.